The molecule has 1 aliphatic rings. The largest absolute Gasteiger partial charge is 0.449 e. The molecule has 1 saturated heterocycles. The molecular weight excluding hydrogens is 273 g/mol. The van der Waals surface area contributed by atoms with Gasteiger partial charge in [-0.15, -0.1) is 0 Å². The zero-order valence-electron chi connectivity index (χ0n) is 10.7. The van der Waals surface area contributed by atoms with Crippen molar-refractivity contribution in [3.05, 3.63) is 29.8 Å². The van der Waals surface area contributed by atoms with Gasteiger partial charge in [0.15, 0.2) is 0 Å². The van der Waals surface area contributed by atoms with E-state index in [-0.39, 0.29) is 18.2 Å². The highest BCUT2D eigenvalue weighted by atomic mass is 19.4. The van der Waals surface area contributed by atoms with Gasteiger partial charge in [0.2, 0.25) is 0 Å². The number of halogens is 3. The molecule has 2 N–H and O–H groups in total. The number of amides is 1. The van der Waals surface area contributed by atoms with E-state index in [1.165, 1.54) is 18.2 Å². The summed E-state index contributed by atoms with van der Waals surface area (Å²) in [6.45, 7) is 1.83. The molecule has 0 radical (unpaired) electrons. The van der Waals surface area contributed by atoms with E-state index < -0.39 is 17.8 Å². The van der Waals surface area contributed by atoms with Gasteiger partial charge in [0, 0.05) is 12.5 Å². The first-order valence-corrected chi connectivity index (χ1v) is 6.27. The van der Waals surface area contributed by atoms with Crippen LogP contribution in [0.2, 0.25) is 0 Å². The Kier molecular flexibility index (Phi) is 4.49. The first-order chi connectivity index (χ1) is 9.47. The molecule has 0 aliphatic carbocycles. The number of nitrogens with one attached hydrogen (secondary N) is 2. The van der Waals surface area contributed by atoms with Gasteiger partial charge in [-0.1, -0.05) is 12.1 Å². The van der Waals surface area contributed by atoms with Crippen LogP contribution in [0.25, 0.3) is 0 Å². The number of para-hydroxylation sites is 1. The van der Waals surface area contributed by atoms with Gasteiger partial charge >= 0.3 is 12.3 Å². The SMILES string of the molecule is O=C(Nc1ccccc1C(F)(F)F)OCC1CCNC1. The third-order valence-electron chi connectivity index (χ3n) is 3.08. The van der Waals surface area contributed by atoms with E-state index in [1.54, 1.807) is 0 Å². The Bertz CT molecular complexity index is 471. The monoisotopic (exact) mass is 288 g/mol. The molecule has 1 fully saturated rings. The van der Waals surface area contributed by atoms with E-state index in [2.05, 4.69) is 10.6 Å². The quantitative estimate of drug-likeness (QED) is 0.899. The molecule has 2 rings (SSSR count). The van der Waals surface area contributed by atoms with Crippen molar-refractivity contribution in [2.75, 3.05) is 25.0 Å². The summed E-state index contributed by atoms with van der Waals surface area (Å²) in [5.41, 5.74) is -1.19. The van der Waals surface area contributed by atoms with Crippen molar-refractivity contribution in [3.63, 3.8) is 0 Å². The van der Waals surface area contributed by atoms with Crippen LogP contribution in [-0.4, -0.2) is 25.8 Å². The summed E-state index contributed by atoms with van der Waals surface area (Å²) in [4.78, 5) is 11.5. The second kappa shape index (κ2) is 6.13. The Labute approximate surface area is 114 Å². The average molecular weight is 288 g/mol. The molecule has 0 aromatic heterocycles. The number of carbonyl (C=O) groups is 1. The Morgan fingerprint density at radius 1 is 1.40 bits per heavy atom. The van der Waals surface area contributed by atoms with Crippen LogP contribution >= 0.6 is 0 Å². The number of alkyl halides is 3. The zero-order chi connectivity index (χ0) is 14.6. The fourth-order valence-corrected chi connectivity index (χ4v) is 2.04. The lowest BCUT2D eigenvalue weighted by atomic mass is 10.1. The normalized spacial score (nSPS) is 18.9. The summed E-state index contributed by atoms with van der Waals surface area (Å²) in [5, 5.41) is 5.25. The predicted octanol–water partition coefficient (Wildman–Crippen LogP) is 2.86. The molecule has 1 amide bonds. The van der Waals surface area contributed by atoms with Crippen molar-refractivity contribution in [2.24, 2.45) is 5.92 Å². The topological polar surface area (TPSA) is 50.4 Å². The van der Waals surface area contributed by atoms with Gasteiger partial charge in [-0.2, -0.15) is 13.2 Å². The number of hydrogen-bond donors (Lipinski definition) is 2. The molecule has 20 heavy (non-hydrogen) atoms. The molecule has 1 aliphatic heterocycles. The van der Waals surface area contributed by atoms with Gasteiger partial charge in [0.1, 0.15) is 0 Å². The molecule has 110 valence electrons. The minimum atomic E-state index is -4.51. The van der Waals surface area contributed by atoms with Crippen LogP contribution in [0.15, 0.2) is 24.3 Å². The van der Waals surface area contributed by atoms with Gasteiger partial charge in [-0.3, -0.25) is 5.32 Å². The fraction of sp³-hybridized carbons (Fsp3) is 0.462. The Morgan fingerprint density at radius 2 is 2.15 bits per heavy atom. The summed E-state index contributed by atoms with van der Waals surface area (Å²) in [6, 6.07) is 4.80. The molecular formula is C13H15F3N2O2. The standard InChI is InChI=1S/C13H15F3N2O2/c14-13(15,16)10-3-1-2-4-11(10)18-12(19)20-8-9-5-6-17-7-9/h1-4,9,17H,5-8H2,(H,18,19). The lowest BCUT2D eigenvalue weighted by Gasteiger charge is -2.14. The van der Waals surface area contributed by atoms with Crippen molar-refractivity contribution in [1.29, 1.82) is 0 Å². The predicted molar refractivity (Wildman–Crippen MR) is 67.4 cm³/mol. The summed E-state index contributed by atoms with van der Waals surface area (Å²) in [6.07, 6.45) is -4.49. The summed E-state index contributed by atoms with van der Waals surface area (Å²) < 4.78 is 43.1. The smallest absolute Gasteiger partial charge is 0.418 e. The molecule has 1 aromatic carbocycles. The van der Waals surface area contributed by atoms with Crippen LogP contribution in [0.5, 0.6) is 0 Å². The van der Waals surface area contributed by atoms with Crippen molar-refractivity contribution in [3.8, 4) is 0 Å². The second-order valence-corrected chi connectivity index (χ2v) is 4.63. The van der Waals surface area contributed by atoms with Crippen LogP contribution in [0, 0.1) is 5.92 Å². The van der Waals surface area contributed by atoms with Crippen molar-refractivity contribution in [2.45, 2.75) is 12.6 Å². The lowest BCUT2D eigenvalue weighted by molar-refractivity contribution is -0.136. The number of anilines is 1. The lowest BCUT2D eigenvalue weighted by Crippen LogP contribution is -2.21. The molecule has 0 bridgehead atoms. The Morgan fingerprint density at radius 3 is 2.80 bits per heavy atom. The van der Waals surface area contributed by atoms with E-state index in [4.69, 9.17) is 4.74 Å². The maximum atomic E-state index is 12.7. The maximum absolute atomic E-state index is 12.7. The maximum Gasteiger partial charge on any atom is 0.418 e. The highest BCUT2D eigenvalue weighted by Gasteiger charge is 2.33. The Balaban J connectivity index is 1.93. The van der Waals surface area contributed by atoms with E-state index >= 15 is 0 Å². The molecule has 4 nitrogen and oxygen atoms in total. The molecule has 7 heteroatoms. The average Bonchev–Trinajstić information content (AvgIpc) is 2.89. The highest BCUT2D eigenvalue weighted by Crippen LogP contribution is 2.34. The minimum absolute atomic E-state index is 0.201. The van der Waals surface area contributed by atoms with Gasteiger partial charge in [-0.05, 0) is 25.1 Å². The Hall–Kier alpha value is -1.76. The molecule has 1 unspecified atom stereocenters. The summed E-state index contributed by atoms with van der Waals surface area (Å²) >= 11 is 0. The van der Waals surface area contributed by atoms with Gasteiger partial charge in [0.25, 0.3) is 0 Å². The second-order valence-electron chi connectivity index (χ2n) is 4.63. The van der Waals surface area contributed by atoms with E-state index in [0.29, 0.717) is 0 Å². The molecule has 1 heterocycles. The van der Waals surface area contributed by atoms with Crippen LogP contribution in [-0.2, 0) is 10.9 Å². The van der Waals surface area contributed by atoms with Crippen molar-refractivity contribution < 1.29 is 22.7 Å². The summed E-state index contributed by atoms with van der Waals surface area (Å²) in [7, 11) is 0. The van der Waals surface area contributed by atoms with Crippen molar-refractivity contribution >= 4 is 11.8 Å². The fourth-order valence-electron chi connectivity index (χ4n) is 2.04. The zero-order valence-corrected chi connectivity index (χ0v) is 10.7. The first kappa shape index (κ1) is 14.6. The van der Waals surface area contributed by atoms with E-state index in [9.17, 15) is 18.0 Å². The number of carbonyl (C=O) groups excluding carboxylic acids is 1. The van der Waals surface area contributed by atoms with Gasteiger partial charge in [-0.25, -0.2) is 4.79 Å². The molecule has 1 aromatic rings. The highest BCUT2D eigenvalue weighted by molar-refractivity contribution is 5.85. The number of hydrogen-bond acceptors (Lipinski definition) is 3. The van der Waals surface area contributed by atoms with Gasteiger partial charge in [0.05, 0.1) is 17.9 Å². The van der Waals surface area contributed by atoms with Crippen LogP contribution in [0.4, 0.5) is 23.7 Å². The minimum Gasteiger partial charge on any atom is -0.449 e. The molecule has 0 spiro atoms. The number of benzene rings is 1. The van der Waals surface area contributed by atoms with Crippen LogP contribution in [0.3, 0.4) is 0 Å². The van der Waals surface area contributed by atoms with Crippen molar-refractivity contribution in [1.82, 2.24) is 5.32 Å². The summed E-state index contributed by atoms with van der Waals surface area (Å²) in [5.74, 6) is 0.221. The van der Waals surface area contributed by atoms with E-state index in [0.717, 1.165) is 25.6 Å². The van der Waals surface area contributed by atoms with E-state index in [1.807, 2.05) is 0 Å². The third-order valence-corrected chi connectivity index (χ3v) is 3.08. The van der Waals surface area contributed by atoms with Crippen LogP contribution < -0.4 is 10.6 Å². The molecule has 1 atom stereocenters. The van der Waals surface area contributed by atoms with Crippen LogP contribution in [0.1, 0.15) is 12.0 Å². The molecule has 0 saturated carbocycles. The first-order valence-electron chi connectivity index (χ1n) is 6.27. The third kappa shape index (κ3) is 3.86. The number of ether oxygens (including phenoxy) is 1. The van der Waals surface area contributed by atoms with Gasteiger partial charge < -0.3 is 10.1 Å². The number of rotatable bonds is 3.